The Balaban J connectivity index is 1.58. The van der Waals surface area contributed by atoms with E-state index in [4.69, 9.17) is 9.15 Å². The van der Waals surface area contributed by atoms with E-state index in [1.165, 1.54) is 0 Å². The maximum atomic E-state index is 12.4. The molecule has 5 rings (SSSR count). The van der Waals surface area contributed by atoms with Crippen LogP contribution in [0.2, 0.25) is 0 Å². The van der Waals surface area contributed by atoms with E-state index >= 15 is 0 Å². The number of furan rings is 1. The number of carbonyl (C=O) groups excluding carboxylic acids is 1. The van der Waals surface area contributed by atoms with Gasteiger partial charge in [-0.15, -0.1) is 0 Å². The lowest BCUT2D eigenvalue weighted by atomic mass is 10.0. The number of benzene rings is 3. The second kappa shape index (κ2) is 7.48. The van der Waals surface area contributed by atoms with E-state index in [0.717, 1.165) is 32.0 Å². The number of carbonyl (C=O) groups is 1. The molecule has 1 aliphatic heterocycles. The average molecular weight is 434 g/mol. The molecule has 31 heavy (non-hydrogen) atoms. The van der Waals surface area contributed by atoms with Gasteiger partial charge in [0.05, 0.1) is 12.0 Å². The van der Waals surface area contributed by atoms with Crippen LogP contribution < -0.4 is 13.8 Å². The summed E-state index contributed by atoms with van der Waals surface area (Å²) in [6.45, 7) is -0.0449. The van der Waals surface area contributed by atoms with Crippen molar-refractivity contribution in [2.45, 2.75) is 6.61 Å². The lowest BCUT2D eigenvalue weighted by Gasteiger charge is -2.20. The summed E-state index contributed by atoms with van der Waals surface area (Å²) < 4.78 is 39.5. The fourth-order valence-electron chi connectivity index (χ4n) is 3.60. The summed E-state index contributed by atoms with van der Waals surface area (Å²) in [5.41, 5.74) is 3.67. The van der Waals surface area contributed by atoms with Crippen LogP contribution in [0.5, 0.6) is 5.75 Å². The third kappa shape index (κ3) is 3.62. The van der Waals surface area contributed by atoms with E-state index in [0.29, 0.717) is 11.4 Å². The summed E-state index contributed by atoms with van der Waals surface area (Å²) in [6.07, 6.45) is 1.67. The van der Waals surface area contributed by atoms with Gasteiger partial charge < -0.3 is 9.15 Å². The van der Waals surface area contributed by atoms with Gasteiger partial charge in [0.25, 0.3) is 5.91 Å². The predicted octanol–water partition coefficient (Wildman–Crippen LogP) is 3.86. The molecule has 0 spiro atoms. The number of hydrogen-bond donors (Lipinski definition) is 1. The van der Waals surface area contributed by atoms with Gasteiger partial charge in [-0.25, -0.2) is 9.03 Å². The van der Waals surface area contributed by atoms with Crippen LogP contribution in [0.1, 0.15) is 5.56 Å². The predicted molar refractivity (Wildman–Crippen MR) is 117 cm³/mol. The van der Waals surface area contributed by atoms with Crippen molar-refractivity contribution in [3.8, 4) is 16.9 Å². The summed E-state index contributed by atoms with van der Waals surface area (Å²) in [5, 5.41) is 0.940. The van der Waals surface area contributed by atoms with Gasteiger partial charge in [0.2, 0.25) is 0 Å². The minimum absolute atomic E-state index is 0.249. The van der Waals surface area contributed by atoms with Gasteiger partial charge in [-0.3, -0.25) is 4.79 Å². The third-order valence-corrected chi connectivity index (χ3v) is 6.47. The summed E-state index contributed by atoms with van der Waals surface area (Å²) in [6, 6.07) is 22.4. The number of amides is 1. The van der Waals surface area contributed by atoms with E-state index in [1.54, 1.807) is 24.5 Å². The molecular formula is C23H18N2O5S. The number of rotatable bonds is 5. The molecule has 0 unspecified atom stereocenters. The Labute approximate surface area is 179 Å². The zero-order valence-electron chi connectivity index (χ0n) is 16.3. The monoisotopic (exact) mass is 434 g/mol. The Morgan fingerprint density at radius 1 is 1.00 bits per heavy atom. The Hall–Kier alpha value is -3.78. The first-order valence-corrected chi connectivity index (χ1v) is 11.1. The lowest BCUT2D eigenvalue weighted by Crippen LogP contribution is -2.29. The first kappa shape index (κ1) is 19.2. The van der Waals surface area contributed by atoms with Crippen molar-refractivity contribution >= 4 is 32.8 Å². The van der Waals surface area contributed by atoms with Crippen LogP contribution in [0.15, 0.2) is 83.5 Å². The van der Waals surface area contributed by atoms with Crippen LogP contribution in [-0.4, -0.2) is 20.9 Å². The van der Waals surface area contributed by atoms with Crippen LogP contribution in [0, 0.1) is 0 Å². The molecule has 0 saturated carbocycles. The van der Waals surface area contributed by atoms with Crippen LogP contribution in [0.4, 0.5) is 5.69 Å². The molecule has 1 aliphatic rings. The molecule has 1 amide bonds. The summed E-state index contributed by atoms with van der Waals surface area (Å²) in [7, 11) is -3.96. The summed E-state index contributed by atoms with van der Waals surface area (Å²) in [5.74, 6) is -0.231. The largest absolute Gasteiger partial charge is 0.487 e. The Morgan fingerprint density at radius 2 is 1.77 bits per heavy atom. The van der Waals surface area contributed by atoms with Gasteiger partial charge in [0.15, 0.2) is 0 Å². The van der Waals surface area contributed by atoms with Crippen molar-refractivity contribution in [3.63, 3.8) is 0 Å². The van der Waals surface area contributed by atoms with Crippen molar-refractivity contribution in [2.75, 3.05) is 10.8 Å². The van der Waals surface area contributed by atoms with Crippen LogP contribution in [0.3, 0.4) is 0 Å². The second-order valence-corrected chi connectivity index (χ2v) is 8.73. The number of ether oxygens (including phenoxy) is 1. The first-order valence-electron chi connectivity index (χ1n) is 9.62. The number of nitrogens with zero attached hydrogens (tertiary/aromatic N) is 1. The Kier molecular flexibility index (Phi) is 4.63. The highest BCUT2D eigenvalue weighted by atomic mass is 32.2. The van der Waals surface area contributed by atoms with Crippen molar-refractivity contribution in [2.24, 2.45) is 0 Å². The molecule has 0 aliphatic carbocycles. The minimum atomic E-state index is -3.96. The van der Waals surface area contributed by atoms with Crippen molar-refractivity contribution in [1.82, 2.24) is 4.72 Å². The quantitative estimate of drug-likeness (QED) is 0.515. The second-order valence-electron chi connectivity index (χ2n) is 7.14. The fourth-order valence-corrected chi connectivity index (χ4v) is 4.76. The fraction of sp³-hybridized carbons (Fsp3) is 0.0870. The van der Waals surface area contributed by atoms with Gasteiger partial charge in [0, 0.05) is 10.9 Å². The Morgan fingerprint density at radius 3 is 2.55 bits per heavy atom. The zero-order chi connectivity index (χ0) is 21.4. The molecule has 4 aromatic rings. The van der Waals surface area contributed by atoms with Gasteiger partial charge in [-0.2, -0.15) is 8.42 Å². The topological polar surface area (TPSA) is 88.9 Å². The molecule has 2 heterocycles. The molecule has 1 N–H and O–H groups in total. The third-order valence-electron chi connectivity index (χ3n) is 5.08. The normalized spacial score (nSPS) is 15.2. The molecule has 1 fully saturated rings. The molecule has 156 valence electrons. The van der Waals surface area contributed by atoms with E-state index in [9.17, 15) is 13.2 Å². The number of anilines is 1. The maximum absolute atomic E-state index is 12.4. The SMILES string of the molecule is O=C1CN(c2ccc(-c3coc4ccccc34)cc2OCc2ccccc2)S(=O)(=O)N1. The molecule has 0 atom stereocenters. The minimum Gasteiger partial charge on any atom is -0.487 e. The molecule has 8 heteroatoms. The molecule has 0 radical (unpaired) electrons. The highest BCUT2D eigenvalue weighted by molar-refractivity contribution is 7.92. The van der Waals surface area contributed by atoms with Gasteiger partial charge in [0.1, 0.15) is 24.5 Å². The number of hydrogen-bond acceptors (Lipinski definition) is 5. The van der Waals surface area contributed by atoms with Crippen molar-refractivity contribution in [3.05, 3.63) is 84.6 Å². The summed E-state index contributed by atoms with van der Waals surface area (Å²) >= 11 is 0. The van der Waals surface area contributed by atoms with E-state index < -0.39 is 16.1 Å². The molecule has 3 aromatic carbocycles. The van der Waals surface area contributed by atoms with Crippen LogP contribution >= 0.6 is 0 Å². The maximum Gasteiger partial charge on any atom is 0.326 e. The van der Waals surface area contributed by atoms with E-state index in [1.807, 2.05) is 59.3 Å². The number of fused-ring (bicyclic) bond motifs is 1. The van der Waals surface area contributed by atoms with Crippen LogP contribution in [-0.2, 0) is 21.6 Å². The first-order chi connectivity index (χ1) is 15.0. The summed E-state index contributed by atoms with van der Waals surface area (Å²) in [4.78, 5) is 11.7. The smallest absolute Gasteiger partial charge is 0.326 e. The van der Waals surface area contributed by atoms with Gasteiger partial charge >= 0.3 is 10.2 Å². The van der Waals surface area contributed by atoms with Crippen molar-refractivity contribution in [1.29, 1.82) is 0 Å². The lowest BCUT2D eigenvalue weighted by molar-refractivity contribution is -0.117. The standard InChI is InChI=1S/C23H18N2O5S/c26-23-13-25(31(27,28)24-23)20-11-10-17(19-15-30-21-9-5-4-8-18(19)21)12-22(20)29-14-16-6-2-1-3-7-16/h1-12,15H,13-14H2,(H,24,26). The van der Waals surface area contributed by atoms with E-state index in [2.05, 4.69) is 0 Å². The molecular weight excluding hydrogens is 416 g/mol. The number of para-hydroxylation sites is 1. The van der Waals surface area contributed by atoms with E-state index in [-0.39, 0.29) is 13.2 Å². The Bertz CT molecular complexity index is 1380. The van der Waals surface area contributed by atoms with Gasteiger partial charge in [-0.1, -0.05) is 54.6 Å². The van der Waals surface area contributed by atoms with Gasteiger partial charge in [-0.05, 0) is 29.3 Å². The molecule has 0 bridgehead atoms. The average Bonchev–Trinajstić information content (AvgIpc) is 3.32. The number of nitrogens with one attached hydrogen (secondary N) is 1. The zero-order valence-corrected chi connectivity index (χ0v) is 17.1. The highest BCUT2D eigenvalue weighted by Crippen LogP contribution is 2.38. The van der Waals surface area contributed by atoms with Crippen LogP contribution in [0.25, 0.3) is 22.1 Å². The van der Waals surface area contributed by atoms with Crippen molar-refractivity contribution < 1.29 is 22.4 Å². The molecule has 7 nitrogen and oxygen atoms in total. The molecule has 1 aromatic heterocycles. The highest BCUT2D eigenvalue weighted by Gasteiger charge is 2.35. The molecule has 1 saturated heterocycles.